The summed E-state index contributed by atoms with van der Waals surface area (Å²) in [5, 5.41) is 6.23. The van der Waals surface area contributed by atoms with Gasteiger partial charge in [0.05, 0.1) is 0 Å². The number of hydrogen-bond acceptors (Lipinski definition) is 5. The second-order valence-electron chi connectivity index (χ2n) is 5.36. The molecule has 0 aromatic heterocycles. The summed E-state index contributed by atoms with van der Waals surface area (Å²) in [7, 11) is 0. The zero-order valence-electron chi connectivity index (χ0n) is 12.7. The molecule has 24 heavy (non-hydrogen) atoms. The third-order valence-electron chi connectivity index (χ3n) is 3.74. The molecule has 0 bridgehead atoms. The van der Waals surface area contributed by atoms with E-state index in [1.54, 1.807) is 36.4 Å². The molecule has 0 spiro atoms. The van der Waals surface area contributed by atoms with Crippen LogP contribution < -0.4 is 9.47 Å². The summed E-state index contributed by atoms with van der Waals surface area (Å²) in [6.45, 7) is 1.63. The highest BCUT2D eigenvalue weighted by molar-refractivity contribution is 6.30. The molecule has 2 aromatic carbocycles. The number of benzene rings is 2. The number of hydrazone groups is 1. The van der Waals surface area contributed by atoms with E-state index in [4.69, 9.17) is 25.8 Å². The molecule has 2 heterocycles. The molecule has 0 radical (unpaired) electrons. The maximum atomic E-state index is 12.0. The number of hydrogen-bond donors (Lipinski definition) is 0. The standard InChI is InChI=1S/C17H13ClN2O4/c1-10(21)20-17(12-4-7-14-15(8-12)23-9-22-14)24-16(19-20)11-2-5-13(18)6-3-11/h2-8,17H,9H2,1H3. The number of halogens is 1. The van der Waals surface area contributed by atoms with Crippen LogP contribution in [0, 0.1) is 0 Å². The van der Waals surface area contributed by atoms with Gasteiger partial charge in [-0.15, -0.1) is 5.10 Å². The van der Waals surface area contributed by atoms with Crippen LogP contribution in [0.5, 0.6) is 11.5 Å². The van der Waals surface area contributed by atoms with Crippen LogP contribution in [0.15, 0.2) is 47.6 Å². The van der Waals surface area contributed by atoms with Crippen molar-refractivity contribution in [3.05, 3.63) is 58.6 Å². The van der Waals surface area contributed by atoms with Gasteiger partial charge in [0.1, 0.15) is 0 Å². The van der Waals surface area contributed by atoms with E-state index in [0.717, 1.165) is 11.1 Å². The van der Waals surface area contributed by atoms with Crippen molar-refractivity contribution in [3.8, 4) is 11.5 Å². The summed E-state index contributed by atoms with van der Waals surface area (Å²) < 4.78 is 16.6. The first-order valence-corrected chi connectivity index (χ1v) is 7.70. The van der Waals surface area contributed by atoms with Gasteiger partial charge in [-0.05, 0) is 42.5 Å². The zero-order valence-corrected chi connectivity index (χ0v) is 13.5. The average Bonchev–Trinajstić information content (AvgIpc) is 3.21. The molecule has 2 aliphatic heterocycles. The molecule has 0 N–H and O–H groups in total. The third-order valence-corrected chi connectivity index (χ3v) is 3.99. The fraction of sp³-hybridized carbons (Fsp3) is 0.176. The van der Waals surface area contributed by atoms with Crippen molar-refractivity contribution in [1.82, 2.24) is 5.01 Å². The number of carbonyl (C=O) groups excluding carboxylic acids is 1. The van der Waals surface area contributed by atoms with Crippen LogP contribution >= 0.6 is 11.6 Å². The molecule has 0 saturated heterocycles. The smallest absolute Gasteiger partial charge is 0.243 e. The molecule has 1 amide bonds. The van der Waals surface area contributed by atoms with Gasteiger partial charge in [-0.25, -0.2) is 0 Å². The fourth-order valence-electron chi connectivity index (χ4n) is 2.56. The normalized spacial score (nSPS) is 18.3. The van der Waals surface area contributed by atoms with Gasteiger partial charge >= 0.3 is 0 Å². The van der Waals surface area contributed by atoms with E-state index < -0.39 is 6.23 Å². The van der Waals surface area contributed by atoms with Crippen molar-refractivity contribution < 1.29 is 19.0 Å². The molecule has 122 valence electrons. The number of rotatable bonds is 2. The molecule has 0 aliphatic carbocycles. The van der Waals surface area contributed by atoms with E-state index in [-0.39, 0.29) is 12.7 Å². The Bertz CT molecular complexity index is 835. The first kappa shape index (κ1) is 14.8. The van der Waals surface area contributed by atoms with Crippen molar-refractivity contribution in [3.63, 3.8) is 0 Å². The highest BCUT2D eigenvalue weighted by atomic mass is 35.5. The highest BCUT2D eigenvalue weighted by Crippen LogP contribution is 2.38. The predicted octanol–water partition coefficient (Wildman–Crippen LogP) is 3.31. The Labute approximate surface area is 143 Å². The summed E-state index contributed by atoms with van der Waals surface area (Å²) in [5.41, 5.74) is 1.50. The van der Waals surface area contributed by atoms with Gasteiger partial charge in [0, 0.05) is 23.1 Å². The van der Waals surface area contributed by atoms with Crippen LogP contribution in [0.2, 0.25) is 5.02 Å². The van der Waals surface area contributed by atoms with Gasteiger partial charge in [0.15, 0.2) is 11.5 Å². The van der Waals surface area contributed by atoms with Gasteiger partial charge < -0.3 is 14.2 Å². The molecule has 7 heteroatoms. The molecular formula is C17H13ClN2O4. The van der Waals surface area contributed by atoms with Crippen molar-refractivity contribution in [2.24, 2.45) is 5.10 Å². The van der Waals surface area contributed by atoms with Crippen LogP contribution in [-0.2, 0) is 9.53 Å². The van der Waals surface area contributed by atoms with Crippen LogP contribution in [0.4, 0.5) is 0 Å². The van der Waals surface area contributed by atoms with Gasteiger partial charge in [-0.3, -0.25) is 4.79 Å². The first-order valence-electron chi connectivity index (χ1n) is 7.32. The van der Waals surface area contributed by atoms with Gasteiger partial charge in [0.25, 0.3) is 0 Å². The van der Waals surface area contributed by atoms with E-state index in [0.29, 0.717) is 22.4 Å². The lowest BCUT2D eigenvalue weighted by molar-refractivity contribution is -0.135. The van der Waals surface area contributed by atoms with Crippen molar-refractivity contribution >= 4 is 23.4 Å². The number of amides is 1. The minimum Gasteiger partial charge on any atom is -0.454 e. The summed E-state index contributed by atoms with van der Waals surface area (Å²) >= 11 is 5.91. The maximum Gasteiger partial charge on any atom is 0.243 e. The first-order chi connectivity index (χ1) is 11.6. The Morgan fingerprint density at radius 1 is 1.17 bits per heavy atom. The Morgan fingerprint density at radius 2 is 1.92 bits per heavy atom. The van der Waals surface area contributed by atoms with Gasteiger partial charge in [-0.1, -0.05) is 11.6 Å². The SMILES string of the molecule is CC(=O)N1N=C(c2ccc(Cl)cc2)OC1c1ccc2c(c1)OCO2. The highest BCUT2D eigenvalue weighted by Gasteiger charge is 2.34. The Morgan fingerprint density at radius 3 is 2.67 bits per heavy atom. The van der Waals surface area contributed by atoms with Gasteiger partial charge in [-0.2, -0.15) is 5.01 Å². The molecule has 0 fully saturated rings. The molecule has 4 rings (SSSR count). The lowest BCUT2D eigenvalue weighted by atomic mass is 10.1. The minimum atomic E-state index is -0.650. The quantitative estimate of drug-likeness (QED) is 0.838. The summed E-state index contributed by atoms with van der Waals surface area (Å²) in [5.74, 6) is 1.44. The topological polar surface area (TPSA) is 60.4 Å². The molecule has 1 unspecified atom stereocenters. The summed E-state index contributed by atoms with van der Waals surface area (Å²) in [4.78, 5) is 12.0. The summed E-state index contributed by atoms with van der Waals surface area (Å²) in [6, 6.07) is 12.5. The second-order valence-corrected chi connectivity index (χ2v) is 5.79. The van der Waals surface area contributed by atoms with Crippen LogP contribution in [-0.4, -0.2) is 23.6 Å². The largest absolute Gasteiger partial charge is 0.454 e. The van der Waals surface area contributed by atoms with E-state index in [9.17, 15) is 4.79 Å². The van der Waals surface area contributed by atoms with E-state index in [1.807, 2.05) is 6.07 Å². The Hall–Kier alpha value is -2.73. The second kappa shape index (κ2) is 5.72. The molecule has 0 saturated carbocycles. The predicted molar refractivity (Wildman–Crippen MR) is 86.9 cm³/mol. The van der Waals surface area contributed by atoms with Crippen molar-refractivity contribution in [1.29, 1.82) is 0 Å². The zero-order chi connectivity index (χ0) is 16.7. The molecular weight excluding hydrogens is 332 g/mol. The summed E-state index contributed by atoms with van der Waals surface area (Å²) in [6.07, 6.45) is -0.650. The van der Waals surface area contributed by atoms with Crippen molar-refractivity contribution in [2.75, 3.05) is 6.79 Å². The van der Waals surface area contributed by atoms with E-state index in [2.05, 4.69) is 5.10 Å². The van der Waals surface area contributed by atoms with E-state index >= 15 is 0 Å². The number of carbonyl (C=O) groups is 1. The van der Waals surface area contributed by atoms with Crippen LogP contribution in [0.25, 0.3) is 0 Å². The molecule has 6 nitrogen and oxygen atoms in total. The van der Waals surface area contributed by atoms with E-state index in [1.165, 1.54) is 11.9 Å². The Kier molecular flexibility index (Phi) is 3.54. The van der Waals surface area contributed by atoms with Crippen LogP contribution in [0.3, 0.4) is 0 Å². The number of ether oxygens (including phenoxy) is 3. The Balaban J connectivity index is 1.67. The molecule has 2 aromatic rings. The minimum absolute atomic E-state index is 0.188. The lowest BCUT2D eigenvalue weighted by Gasteiger charge is -2.19. The lowest BCUT2D eigenvalue weighted by Crippen LogP contribution is -2.25. The third kappa shape index (κ3) is 2.55. The fourth-order valence-corrected chi connectivity index (χ4v) is 2.69. The monoisotopic (exact) mass is 344 g/mol. The molecule has 2 aliphatic rings. The average molecular weight is 345 g/mol. The van der Waals surface area contributed by atoms with Gasteiger partial charge in [0.2, 0.25) is 24.8 Å². The number of fused-ring (bicyclic) bond motifs is 1. The van der Waals surface area contributed by atoms with Crippen LogP contribution in [0.1, 0.15) is 24.3 Å². The maximum absolute atomic E-state index is 12.0. The number of nitrogens with zero attached hydrogens (tertiary/aromatic N) is 2. The molecule has 1 atom stereocenters. The van der Waals surface area contributed by atoms with Crippen molar-refractivity contribution in [2.45, 2.75) is 13.2 Å².